The number of carbonyl (C=O) groups excluding carboxylic acids is 1. The maximum atomic E-state index is 12.1. The number of carbonyl (C=O) groups is 1. The van der Waals surface area contributed by atoms with Crippen LogP contribution in [-0.4, -0.2) is 26.2 Å². The molecule has 0 radical (unpaired) electrons. The number of methoxy groups -OCH3 is 1. The number of rotatable bonds is 6. The fraction of sp³-hybridized carbons (Fsp3) is 0.500. The molecule has 1 N–H and O–H groups in total. The van der Waals surface area contributed by atoms with Crippen LogP contribution in [0.15, 0.2) is 30.3 Å². The highest BCUT2D eigenvalue weighted by Crippen LogP contribution is 2.42. The summed E-state index contributed by atoms with van der Waals surface area (Å²) in [5.41, 5.74) is 1.13. The lowest BCUT2D eigenvalue weighted by Crippen LogP contribution is -2.32. The predicted molar refractivity (Wildman–Crippen MR) is 66.8 cm³/mol. The molecule has 1 saturated carbocycles. The van der Waals surface area contributed by atoms with Gasteiger partial charge >= 0.3 is 0 Å². The van der Waals surface area contributed by atoms with Crippen LogP contribution in [0.2, 0.25) is 0 Å². The van der Waals surface area contributed by atoms with E-state index in [1.54, 1.807) is 7.11 Å². The largest absolute Gasteiger partial charge is 0.383 e. The van der Waals surface area contributed by atoms with Gasteiger partial charge in [0.1, 0.15) is 0 Å². The standard InChI is InChI=1S/C14H19NO2/c1-17-10-9-15-14(16)13(12-7-8-12)11-5-3-2-4-6-11/h2-6,12-13H,7-10H2,1H3,(H,15,16). The molecule has 0 heterocycles. The lowest BCUT2D eigenvalue weighted by atomic mass is 9.93. The molecule has 0 bridgehead atoms. The van der Waals surface area contributed by atoms with Crippen molar-refractivity contribution in [3.63, 3.8) is 0 Å². The van der Waals surface area contributed by atoms with E-state index < -0.39 is 0 Å². The van der Waals surface area contributed by atoms with Gasteiger partial charge in [0.2, 0.25) is 5.91 Å². The summed E-state index contributed by atoms with van der Waals surface area (Å²) >= 11 is 0. The van der Waals surface area contributed by atoms with Crippen molar-refractivity contribution in [2.45, 2.75) is 18.8 Å². The second kappa shape index (κ2) is 5.82. The third-order valence-corrected chi connectivity index (χ3v) is 3.14. The molecule has 17 heavy (non-hydrogen) atoms. The van der Waals surface area contributed by atoms with E-state index in [0.717, 1.165) is 18.4 Å². The minimum Gasteiger partial charge on any atom is -0.383 e. The number of benzene rings is 1. The zero-order valence-electron chi connectivity index (χ0n) is 10.2. The zero-order valence-corrected chi connectivity index (χ0v) is 10.2. The van der Waals surface area contributed by atoms with E-state index in [-0.39, 0.29) is 11.8 Å². The van der Waals surface area contributed by atoms with Crippen LogP contribution < -0.4 is 5.32 Å². The molecule has 1 aromatic carbocycles. The molecule has 1 amide bonds. The quantitative estimate of drug-likeness (QED) is 0.763. The topological polar surface area (TPSA) is 38.3 Å². The van der Waals surface area contributed by atoms with E-state index in [1.165, 1.54) is 0 Å². The van der Waals surface area contributed by atoms with E-state index in [1.807, 2.05) is 30.3 Å². The fourth-order valence-corrected chi connectivity index (χ4v) is 2.11. The molecule has 3 heteroatoms. The van der Waals surface area contributed by atoms with Crippen LogP contribution in [0.1, 0.15) is 24.3 Å². The van der Waals surface area contributed by atoms with Crippen LogP contribution in [-0.2, 0) is 9.53 Å². The van der Waals surface area contributed by atoms with E-state index in [2.05, 4.69) is 5.32 Å². The minimum absolute atomic E-state index is 0.0213. The Balaban J connectivity index is 2.00. The molecular formula is C14H19NO2. The lowest BCUT2D eigenvalue weighted by Gasteiger charge is -2.16. The van der Waals surface area contributed by atoms with Crippen LogP contribution in [0.25, 0.3) is 0 Å². The predicted octanol–water partition coefficient (Wildman–Crippen LogP) is 1.94. The lowest BCUT2D eigenvalue weighted by molar-refractivity contribution is -0.123. The summed E-state index contributed by atoms with van der Waals surface area (Å²) in [4.78, 5) is 12.1. The summed E-state index contributed by atoms with van der Waals surface area (Å²) in [7, 11) is 1.64. The van der Waals surface area contributed by atoms with Crippen molar-refractivity contribution in [1.29, 1.82) is 0 Å². The first-order valence-corrected chi connectivity index (χ1v) is 6.14. The average Bonchev–Trinajstić information content (AvgIpc) is 3.16. The molecule has 0 aromatic heterocycles. The summed E-state index contributed by atoms with van der Waals surface area (Å²) in [6.07, 6.45) is 2.33. The van der Waals surface area contributed by atoms with Crippen molar-refractivity contribution in [1.82, 2.24) is 5.32 Å². The van der Waals surface area contributed by atoms with Gasteiger partial charge in [-0.25, -0.2) is 0 Å². The van der Waals surface area contributed by atoms with Crippen LogP contribution in [0.4, 0.5) is 0 Å². The van der Waals surface area contributed by atoms with Gasteiger partial charge in [0, 0.05) is 13.7 Å². The Bertz CT molecular complexity index is 360. The third kappa shape index (κ3) is 3.30. The van der Waals surface area contributed by atoms with Crippen molar-refractivity contribution < 1.29 is 9.53 Å². The van der Waals surface area contributed by atoms with Crippen molar-refractivity contribution in [2.75, 3.05) is 20.3 Å². The zero-order chi connectivity index (χ0) is 12.1. The van der Waals surface area contributed by atoms with Crippen LogP contribution in [0.5, 0.6) is 0 Å². The summed E-state index contributed by atoms with van der Waals surface area (Å²) in [5, 5.41) is 2.94. The Morgan fingerprint density at radius 1 is 1.41 bits per heavy atom. The van der Waals surface area contributed by atoms with Gasteiger partial charge in [0.05, 0.1) is 12.5 Å². The summed E-state index contributed by atoms with van der Waals surface area (Å²) in [6, 6.07) is 10.0. The first-order valence-electron chi connectivity index (χ1n) is 6.14. The number of amides is 1. The molecule has 1 unspecified atom stereocenters. The molecule has 1 aliphatic rings. The number of ether oxygens (including phenoxy) is 1. The van der Waals surface area contributed by atoms with Gasteiger partial charge in [-0.05, 0) is 24.3 Å². The maximum Gasteiger partial charge on any atom is 0.227 e. The SMILES string of the molecule is COCCNC(=O)C(c1ccccc1)C1CC1. The molecular weight excluding hydrogens is 214 g/mol. The van der Waals surface area contributed by atoms with Crippen molar-refractivity contribution in [2.24, 2.45) is 5.92 Å². The Morgan fingerprint density at radius 3 is 2.71 bits per heavy atom. The molecule has 0 spiro atoms. The second-order valence-electron chi connectivity index (χ2n) is 4.51. The first kappa shape index (κ1) is 12.1. The van der Waals surface area contributed by atoms with E-state index in [9.17, 15) is 4.79 Å². The van der Waals surface area contributed by atoms with Gasteiger partial charge in [-0.2, -0.15) is 0 Å². The number of hydrogen-bond acceptors (Lipinski definition) is 2. The highest BCUT2D eigenvalue weighted by molar-refractivity contribution is 5.84. The smallest absolute Gasteiger partial charge is 0.227 e. The van der Waals surface area contributed by atoms with E-state index >= 15 is 0 Å². The van der Waals surface area contributed by atoms with Gasteiger partial charge in [-0.1, -0.05) is 30.3 Å². The monoisotopic (exact) mass is 233 g/mol. The highest BCUT2D eigenvalue weighted by atomic mass is 16.5. The molecule has 0 aliphatic heterocycles. The van der Waals surface area contributed by atoms with Crippen LogP contribution in [0.3, 0.4) is 0 Å². The van der Waals surface area contributed by atoms with Gasteiger partial charge in [-0.15, -0.1) is 0 Å². The third-order valence-electron chi connectivity index (χ3n) is 3.14. The Hall–Kier alpha value is -1.35. The van der Waals surface area contributed by atoms with Gasteiger partial charge in [0.15, 0.2) is 0 Å². The highest BCUT2D eigenvalue weighted by Gasteiger charge is 2.36. The minimum atomic E-state index is 0.0213. The Morgan fingerprint density at radius 2 is 2.12 bits per heavy atom. The number of hydrogen-bond donors (Lipinski definition) is 1. The first-order chi connectivity index (χ1) is 8.33. The van der Waals surface area contributed by atoms with E-state index in [4.69, 9.17) is 4.74 Å². The molecule has 1 aliphatic carbocycles. The molecule has 1 atom stereocenters. The van der Waals surface area contributed by atoms with Gasteiger partial charge in [0.25, 0.3) is 0 Å². The molecule has 3 nitrogen and oxygen atoms in total. The normalized spacial score (nSPS) is 16.5. The number of nitrogens with one attached hydrogen (secondary N) is 1. The van der Waals surface area contributed by atoms with Crippen LogP contribution >= 0.6 is 0 Å². The van der Waals surface area contributed by atoms with Crippen LogP contribution in [0, 0.1) is 5.92 Å². The summed E-state index contributed by atoms with van der Waals surface area (Å²) in [6.45, 7) is 1.16. The Kier molecular flexibility index (Phi) is 4.15. The summed E-state index contributed by atoms with van der Waals surface area (Å²) in [5.74, 6) is 0.684. The molecule has 2 rings (SSSR count). The fourth-order valence-electron chi connectivity index (χ4n) is 2.11. The maximum absolute atomic E-state index is 12.1. The molecule has 92 valence electrons. The average molecular weight is 233 g/mol. The van der Waals surface area contributed by atoms with Gasteiger partial charge in [-0.3, -0.25) is 4.79 Å². The molecule has 1 aromatic rings. The molecule has 0 saturated heterocycles. The van der Waals surface area contributed by atoms with Crippen molar-refractivity contribution >= 4 is 5.91 Å². The Labute approximate surface area is 102 Å². The van der Waals surface area contributed by atoms with E-state index in [0.29, 0.717) is 19.1 Å². The molecule has 1 fully saturated rings. The van der Waals surface area contributed by atoms with Gasteiger partial charge < -0.3 is 10.1 Å². The van der Waals surface area contributed by atoms with Crippen molar-refractivity contribution in [3.8, 4) is 0 Å². The second-order valence-corrected chi connectivity index (χ2v) is 4.51. The summed E-state index contributed by atoms with van der Waals surface area (Å²) < 4.78 is 4.94. The van der Waals surface area contributed by atoms with Crippen molar-refractivity contribution in [3.05, 3.63) is 35.9 Å².